The van der Waals surface area contributed by atoms with Gasteiger partial charge in [-0.15, -0.1) is 0 Å². The molecule has 1 fully saturated rings. The molecule has 2 amide bonds. The first kappa shape index (κ1) is 20.4. The molecule has 5 N–H and O–H groups in total. The van der Waals surface area contributed by atoms with Crippen molar-refractivity contribution >= 4 is 34.9 Å². The number of primary amides is 1. The molecule has 4 rings (SSSR count). The molecule has 1 aromatic carbocycles. The first-order valence-corrected chi connectivity index (χ1v) is 10.1. The fourth-order valence-electron chi connectivity index (χ4n) is 4.63. The van der Waals surface area contributed by atoms with E-state index < -0.39 is 11.7 Å². The van der Waals surface area contributed by atoms with Crippen LogP contribution in [0.4, 0.5) is 15.9 Å². The highest BCUT2D eigenvalue weighted by Crippen LogP contribution is 2.53. The van der Waals surface area contributed by atoms with Crippen LogP contribution in [0.15, 0.2) is 18.3 Å². The summed E-state index contributed by atoms with van der Waals surface area (Å²) in [6.07, 6.45) is 3.47. The second kappa shape index (κ2) is 7.12. The average molecular weight is 432 g/mol. The van der Waals surface area contributed by atoms with Crippen molar-refractivity contribution in [2.75, 3.05) is 31.7 Å². The van der Waals surface area contributed by atoms with Crippen molar-refractivity contribution in [2.45, 2.75) is 24.7 Å². The number of carbonyl (C=O) groups excluding carboxylic acids is 2. The summed E-state index contributed by atoms with van der Waals surface area (Å²) in [4.78, 5) is 29.9. The van der Waals surface area contributed by atoms with Gasteiger partial charge >= 0.3 is 0 Å². The van der Waals surface area contributed by atoms with Crippen LogP contribution in [0.3, 0.4) is 0 Å². The number of halogens is 2. The van der Waals surface area contributed by atoms with Gasteiger partial charge in [-0.3, -0.25) is 9.59 Å². The Bertz CT molecular complexity index is 1070. The lowest BCUT2D eigenvalue weighted by Gasteiger charge is -2.25. The van der Waals surface area contributed by atoms with Gasteiger partial charge in [0.2, 0.25) is 5.91 Å². The van der Waals surface area contributed by atoms with Gasteiger partial charge in [-0.2, -0.15) is 0 Å². The molecule has 0 saturated heterocycles. The van der Waals surface area contributed by atoms with Gasteiger partial charge < -0.3 is 21.7 Å². The zero-order chi connectivity index (χ0) is 21.8. The molecule has 7 nitrogen and oxygen atoms in total. The highest BCUT2D eigenvalue weighted by molar-refractivity contribution is 6.34. The largest absolute Gasteiger partial charge is 0.398 e. The van der Waals surface area contributed by atoms with Gasteiger partial charge in [0.25, 0.3) is 5.91 Å². The van der Waals surface area contributed by atoms with Crippen LogP contribution < -0.4 is 16.8 Å². The normalized spacial score (nSPS) is 22.1. The number of carbonyl (C=O) groups is 2. The number of benzene rings is 1. The van der Waals surface area contributed by atoms with Crippen LogP contribution in [-0.2, 0) is 10.2 Å². The van der Waals surface area contributed by atoms with Crippen LogP contribution in [0.1, 0.15) is 35.2 Å². The van der Waals surface area contributed by atoms with Crippen LogP contribution in [0.25, 0.3) is 11.1 Å². The van der Waals surface area contributed by atoms with Gasteiger partial charge in [0, 0.05) is 60.5 Å². The molecule has 2 aromatic rings. The number of anilines is 2. The molecule has 158 valence electrons. The molecule has 0 radical (unpaired) electrons. The molecule has 0 unspecified atom stereocenters. The summed E-state index contributed by atoms with van der Waals surface area (Å²) in [6, 6.07) is 2.99. The van der Waals surface area contributed by atoms with Gasteiger partial charge in [-0.1, -0.05) is 11.6 Å². The van der Waals surface area contributed by atoms with Crippen LogP contribution in [0.2, 0.25) is 5.02 Å². The molecule has 0 bridgehead atoms. The standard InChI is InChI=1S/C21H23ClFN5O2/c1-28(2)20(30)14-13(24)4-3-11(17(14)23)12-8-26-19-15(16(12)22)21(9-27-19)6-5-10(7-21)18(25)29/h3-4,8,10H,5-7,9,24H2,1-2H3,(H2,25,29)(H,26,27)/t10-,21-/m0/s1. The Kier molecular flexibility index (Phi) is 4.85. The number of aromatic nitrogens is 1. The number of hydrogen-bond donors (Lipinski definition) is 3. The van der Waals surface area contributed by atoms with Gasteiger partial charge in [-0.25, -0.2) is 9.37 Å². The molecular weight excluding hydrogens is 409 g/mol. The zero-order valence-electron chi connectivity index (χ0n) is 16.8. The number of amides is 2. The van der Waals surface area contributed by atoms with E-state index in [2.05, 4.69) is 10.3 Å². The number of nitrogen functional groups attached to an aromatic ring is 1. The van der Waals surface area contributed by atoms with Crippen molar-refractivity contribution in [3.63, 3.8) is 0 Å². The molecule has 1 aromatic heterocycles. The molecule has 9 heteroatoms. The van der Waals surface area contributed by atoms with Crippen molar-refractivity contribution in [3.8, 4) is 11.1 Å². The van der Waals surface area contributed by atoms with Crippen LogP contribution in [0, 0.1) is 11.7 Å². The van der Waals surface area contributed by atoms with Gasteiger partial charge in [0.05, 0.1) is 10.6 Å². The van der Waals surface area contributed by atoms with Crippen molar-refractivity contribution in [2.24, 2.45) is 11.7 Å². The molecule has 2 heterocycles. The summed E-state index contributed by atoms with van der Waals surface area (Å²) < 4.78 is 15.4. The number of fused-ring (bicyclic) bond motifs is 2. The summed E-state index contributed by atoms with van der Waals surface area (Å²) in [5, 5.41) is 3.62. The summed E-state index contributed by atoms with van der Waals surface area (Å²) in [6.45, 7) is 0.594. The lowest BCUT2D eigenvalue weighted by molar-refractivity contribution is -0.121. The fraction of sp³-hybridized carbons (Fsp3) is 0.381. The zero-order valence-corrected chi connectivity index (χ0v) is 17.5. The molecule has 2 atom stereocenters. The van der Waals surface area contributed by atoms with E-state index in [9.17, 15) is 9.59 Å². The maximum Gasteiger partial charge on any atom is 0.258 e. The highest BCUT2D eigenvalue weighted by Gasteiger charge is 2.48. The maximum absolute atomic E-state index is 15.4. The molecule has 30 heavy (non-hydrogen) atoms. The van der Waals surface area contributed by atoms with Crippen molar-refractivity contribution in [3.05, 3.63) is 40.3 Å². The van der Waals surface area contributed by atoms with E-state index in [-0.39, 0.29) is 34.1 Å². The number of nitrogens with one attached hydrogen (secondary N) is 1. The Morgan fingerprint density at radius 3 is 2.70 bits per heavy atom. The second-order valence-electron chi connectivity index (χ2n) is 8.28. The summed E-state index contributed by atoms with van der Waals surface area (Å²) in [5.41, 5.74) is 12.2. The Hall–Kier alpha value is -2.87. The first-order valence-electron chi connectivity index (χ1n) is 9.68. The van der Waals surface area contributed by atoms with E-state index in [4.69, 9.17) is 23.1 Å². The quantitative estimate of drug-likeness (QED) is 0.646. The van der Waals surface area contributed by atoms with Crippen LogP contribution >= 0.6 is 11.6 Å². The van der Waals surface area contributed by atoms with E-state index in [1.165, 1.54) is 37.3 Å². The lowest BCUT2D eigenvalue weighted by atomic mass is 9.79. The lowest BCUT2D eigenvalue weighted by Crippen LogP contribution is -2.28. The Morgan fingerprint density at radius 2 is 2.07 bits per heavy atom. The Balaban J connectivity index is 1.85. The predicted octanol–water partition coefficient (Wildman–Crippen LogP) is 2.77. The monoisotopic (exact) mass is 431 g/mol. The fourth-order valence-corrected chi connectivity index (χ4v) is 5.07. The van der Waals surface area contributed by atoms with Crippen molar-refractivity contribution in [1.29, 1.82) is 0 Å². The smallest absolute Gasteiger partial charge is 0.258 e. The third kappa shape index (κ3) is 2.98. The average Bonchev–Trinajstić information content (AvgIpc) is 3.28. The predicted molar refractivity (Wildman–Crippen MR) is 114 cm³/mol. The Labute approximate surface area is 178 Å². The minimum absolute atomic E-state index is 0.0541. The molecule has 1 spiro atoms. The maximum atomic E-state index is 15.4. The topological polar surface area (TPSA) is 114 Å². The molecule has 2 aliphatic rings. The van der Waals surface area contributed by atoms with E-state index in [0.717, 1.165) is 12.0 Å². The van der Waals surface area contributed by atoms with Crippen molar-refractivity contribution in [1.82, 2.24) is 9.88 Å². The van der Waals surface area contributed by atoms with Gasteiger partial charge in [0.1, 0.15) is 11.6 Å². The SMILES string of the molecule is CN(C)C(=O)c1c(N)ccc(-c2cnc3c(c2Cl)[C@]2(CC[C@H](C(N)=O)C2)CN3)c1F. The number of nitrogens with zero attached hydrogens (tertiary/aromatic N) is 2. The third-order valence-corrected chi connectivity index (χ3v) is 6.63. The first-order chi connectivity index (χ1) is 14.2. The second-order valence-corrected chi connectivity index (χ2v) is 8.65. The molecule has 1 saturated carbocycles. The van der Waals surface area contributed by atoms with Crippen LogP contribution in [-0.4, -0.2) is 42.3 Å². The highest BCUT2D eigenvalue weighted by atomic mass is 35.5. The summed E-state index contributed by atoms with van der Waals surface area (Å²) in [5.74, 6) is -1.18. The van der Waals surface area contributed by atoms with Crippen LogP contribution in [0.5, 0.6) is 0 Å². The van der Waals surface area contributed by atoms with E-state index in [0.29, 0.717) is 35.8 Å². The molecule has 1 aliphatic heterocycles. The Morgan fingerprint density at radius 1 is 1.33 bits per heavy atom. The number of hydrogen-bond acceptors (Lipinski definition) is 5. The number of rotatable bonds is 3. The minimum atomic E-state index is -0.737. The third-order valence-electron chi connectivity index (χ3n) is 6.24. The number of pyridine rings is 1. The van der Waals surface area contributed by atoms with Crippen molar-refractivity contribution < 1.29 is 14.0 Å². The van der Waals surface area contributed by atoms with E-state index in [1.54, 1.807) is 0 Å². The van der Waals surface area contributed by atoms with E-state index in [1.807, 2.05) is 0 Å². The summed E-state index contributed by atoms with van der Waals surface area (Å²) in [7, 11) is 3.06. The number of nitrogens with two attached hydrogens (primary N) is 2. The van der Waals surface area contributed by atoms with E-state index >= 15 is 4.39 Å². The molecular formula is C21H23ClFN5O2. The molecule has 1 aliphatic carbocycles. The minimum Gasteiger partial charge on any atom is -0.398 e. The summed E-state index contributed by atoms with van der Waals surface area (Å²) >= 11 is 6.80. The van der Waals surface area contributed by atoms with Gasteiger partial charge in [-0.05, 0) is 31.4 Å². The van der Waals surface area contributed by atoms with Gasteiger partial charge in [0.15, 0.2) is 0 Å².